The summed E-state index contributed by atoms with van der Waals surface area (Å²) in [5, 5.41) is 3.82. The number of hydrogen-bond acceptors (Lipinski definition) is 3. The van der Waals surface area contributed by atoms with Crippen molar-refractivity contribution >= 4 is 23.6 Å². The van der Waals surface area contributed by atoms with Gasteiger partial charge < -0.3 is 4.74 Å². The maximum Gasteiger partial charge on any atom is 0.340 e. The third-order valence-corrected chi connectivity index (χ3v) is 2.33. The second-order valence-corrected chi connectivity index (χ2v) is 3.52. The highest BCUT2D eigenvalue weighted by Crippen LogP contribution is 2.16. The van der Waals surface area contributed by atoms with Crippen molar-refractivity contribution in [1.29, 1.82) is 0 Å². The number of methoxy groups -OCH3 is 1. The minimum Gasteiger partial charge on any atom is -0.466 e. The van der Waals surface area contributed by atoms with E-state index in [4.69, 9.17) is 17.1 Å². The molecule has 92 valence electrons. The minimum atomic E-state index is -0.698. The molecule has 0 radical (unpaired) electrons. The zero-order chi connectivity index (χ0) is 13.4. The number of carbonyl (C=O) groups excluding carboxylic acids is 1. The molecule has 0 aliphatic heterocycles. The fraction of sp³-hybridized carbons (Fsp3) is 0.0833. The van der Waals surface area contributed by atoms with E-state index in [-0.39, 0.29) is 5.70 Å². The Kier molecular flexibility index (Phi) is 5.51. The lowest BCUT2D eigenvalue weighted by atomic mass is 10.2. The molecule has 18 heavy (non-hydrogen) atoms. The number of esters is 1. The van der Waals surface area contributed by atoms with Gasteiger partial charge in [-0.2, -0.15) is 0 Å². The van der Waals surface area contributed by atoms with Gasteiger partial charge in [0.05, 0.1) is 7.11 Å². The summed E-state index contributed by atoms with van der Waals surface area (Å²) in [4.78, 5) is 13.7. The van der Waals surface area contributed by atoms with Gasteiger partial charge >= 0.3 is 5.97 Å². The van der Waals surface area contributed by atoms with E-state index in [0.717, 1.165) is 5.56 Å². The number of rotatable bonds is 4. The van der Waals surface area contributed by atoms with Crippen molar-refractivity contribution in [2.24, 2.45) is 5.11 Å². The van der Waals surface area contributed by atoms with Crippen molar-refractivity contribution in [3.8, 4) is 0 Å². The lowest BCUT2D eigenvalue weighted by Gasteiger charge is -1.97. The summed E-state index contributed by atoms with van der Waals surface area (Å²) < 4.78 is 4.46. The Hall–Kier alpha value is -2.23. The highest BCUT2D eigenvalue weighted by molar-refractivity contribution is 6.32. The molecule has 0 saturated carbocycles. The molecule has 0 amide bonds. The smallest absolute Gasteiger partial charge is 0.340 e. The Labute approximate surface area is 109 Å². The van der Waals surface area contributed by atoms with E-state index in [1.54, 1.807) is 18.2 Å². The Morgan fingerprint density at radius 3 is 2.83 bits per heavy atom. The van der Waals surface area contributed by atoms with Gasteiger partial charge in [0.2, 0.25) is 0 Å². The van der Waals surface area contributed by atoms with Crippen LogP contribution in [0.3, 0.4) is 0 Å². The zero-order valence-corrected chi connectivity index (χ0v) is 10.3. The number of azide groups is 1. The molecule has 0 N–H and O–H groups in total. The Morgan fingerprint density at radius 1 is 1.50 bits per heavy atom. The second-order valence-electron chi connectivity index (χ2n) is 3.11. The molecule has 5 nitrogen and oxygen atoms in total. The summed E-state index contributed by atoms with van der Waals surface area (Å²) in [5.74, 6) is -0.698. The molecule has 0 spiro atoms. The van der Waals surface area contributed by atoms with E-state index >= 15 is 0 Å². The molecule has 6 heteroatoms. The molecular weight excluding hydrogens is 254 g/mol. The van der Waals surface area contributed by atoms with Crippen LogP contribution in [0.5, 0.6) is 0 Å². The van der Waals surface area contributed by atoms with Gasteiger partial charge in [-0.05, 0) is 23.2 Å². The van der Waals surface area contributed by atoms with Crippen LogP contribution in [0.4, 0.5) is 0 Å². The Balaban J connectivity index is 2.92. The Morgan fingerprint density at radius 2 is 2.22 bits per heavy atom. The van der Waals surface area contributed by atoms with Gasteiger partial charge in [-0.3, -0.25) is 0 Å². The highest BCUT2D eigenvalue weighted by atomic mass is 35.5. The molecule has 0 heterocycles. The van der Waals surface area contributed by atoms with E-state index in [9.17, 15) is 4.79 Å². The lowest BCUT2D eigenvalue weighted by Crippen LogP contribution is -2.01. The molecule has 0 atom stereocenters. The van der Waals surface area contributed by atoms with Crippen molar-refractivity contribution in [1.82, 2.24) is 0 Å². The number of halogens is 1. The normalized spacial score (nSPS) is 11.1. The van der Waals surface area contributed by atoms with Gasteiger partial charge in [0.1, 0.15) is 5.70 Å². The van der Waals surface area contributed by atoms with Gasteiger partial charge in [-0.15, -0.1) is 0 Å². The maximum absolute atomic E-state index is 11.2. The van der Waals surface area contributed by atoms with Crippen LogP contribution < -0.4 is 0 Å². The largest absolute Gasteiger partial charge is 0.466 e. The van der Waals surface area contributed by atoms with Crippen LogP contribution >= 0.6 is 11.6 Å². The highest BCUT2D eigenvalue weighted by Gasteiger charge is 2.04. The number of ether oxygens (including phenoxy) is 1. The lowest BCUT2D eigenvalue weighted by molar-refractivity contribution is -0.136. The van der Waals surface area contributed by atoms with E-state index in [0.29, 0.717) is 5.02 Å². The van der Waals surface area contributed by atoms with Crippen LogP contribution in [-0.2, 0) is 9.53 Å². The number of benzene rings is 1. The van der Waals surface area contributed by atoms with Crippen LogP contribution in [0, 0.1) is 0 Å². The maximum atomic E-state index is 11.2. The molecule has 0 unspecified atom stereocenters. The van der Waals surface area contributed by atoms with Gasteiger partial charge in [-0.1, -0.05) is 47.1 Å². The predicted molar refractivity (Wildman–Crippen MR) is 69.7 cm³/mol. The van der Waals surface area contributed by atoms with Gasteiger partial charge in [0.15, 0.2) is 0 Å². The van der Waals surface area contributed by atoms with E-state index in [1.165, 1.54) is 13.2 Å². The molecule has 0 aromatic heterocycles. The van der Waals surface area contributed by atoms with Crippen molar-refractivity contribution < 1.29 is 9.53 Å². The standard InChI is InChI=1S/C12H10ClN3O2/c1-18-12(17)11(15-16-14)8-4-6-9-5-2-3-7-10(9)13/h2-8H,1H3/b6-4+,11-8-. The fourth-order valence-electron chi connectivity index (χ4n) is 1.15. The van der Waals surface area contributed by atoms with E-state index in [2.05, 4.69) is 14.8 Å². The average molecular weight is 264 g/mol. The molecule has 0 bridgehead atoms. The van der Waals surface area contributed by atoms with Crippen LogP contribution in [0.15, 0.2) is 47.2 Å². The summed E-state index contributed by atoms with van der Waals surface area (Å²) in [5.41, 5.74) is 8.98. The number of hydrogen-bond donors (Lipinski definition) is 0. The van der Waals surface area contributed by atoms with E-state index in [1.807, 2.05) is 18.2 Å². The van der Waals surface area contributed by atoms with Gasteiger partial charge in [0.25, 0.3) is 0 Å². The minimum absolute atomic E-state index is 0.122. The van der Waals surface area contributed by atoms with E-state index < -0.39 is 5.97 Å². The first-order chi connectivity index (χ1) is 8.69. The SMILES string of the molecule is COC(=O)/C(=C/C=C/c1ccccc1Cl)N=[N+]=[N-]. The molecule has 0 aliphatic carbocycles. The number of allylic oxidation sites excluding steroid dienone is 2. The number of carbonyl (C=O) groups is 1. The summed E-state index contributed by atoms with van der Waals surface area (Å²) in [6.45, 7) is 0. The first-order valence-corrected chi connectivity index (χ1v) is 5.33. The summed E-state index contributed by atoms with van der Waals surface area (Å²) in [6.07, 6.45) is 4.61. The Bertz CT molecular complexity index is 546. The quantitative estimate of drug-likeness (QED) is 0.207. The van der Waals surface area contributed by atoms with Crippen LogP contribution in [0.1, 0.15) is 5.56 Å². The van der Waals surface area contributed by atoms with Crippen LogP contribution in [0.2, 0.25) is 5.02 Å². The zero-order valence-electron chi connectivity index (χ0n) is 9.58. The first kappa shape index (κ1) is 13.8. The topological polar surface area (TPSA) is 75.1 Å². The molecular formula is C12H10ClN3O2. The summed E-state index contributed by atoms with van der Waals surface area (Å²) in [7, 11) is 1.21. The van der Waals surface area contributed by atoms with Crippen molar-refractivity contribution in [3.05, 3.63) is 63.1 Å². The molecule has 1 aromatic carbocycles. The van der Waals surface area contributed by atoms with Crippen LogP contribution in [0.25, 0.3) is 16.5 Å². The third-order valence-electron chi connectivity index (χ3n) is 1.98. The molecule has 0 fully saturated rings. The monoisotopic (exact) mass is 263 g/mol. The molecule has 0 aliphatic rings. The number of nitrogens with zero attached hydrogens (tertiary/aromatic N) is 3. The van der Waals surface area contributed by atoms with Gasteiger partial charge in [-0.25, -0.2) is 4.79 Å². The molecule has 0 saturated heterocycles. The first-order valence-electron chi connectivity index (χ1n) is 4.95. The van der Waals surface area contributed by atoms with Crippen molar-refractivity contribution in [2.45, 2.75) is 0 Å². The molecule has 1 rings (SSSR count). The fourth-order valence-corrected chi connectivity index (χ4v) is 1.35. The van der Waals surface area contributed by atoms with Gasteiger partial charge in [0, 0.05) is 9.93 Å². The third kappa shape index (κ3) is 3.97. The van der Waals surface area contributed by atoms with Crippen molar-refractivity contribution in [2.75, 3.05) is 7.11 Å². The molecule has 1 aromatic rings. The average Bonchev–Trinajstić information content (AvgIpc) is 2.39. The predicted octanol–water partition coefficient (Wildman–Crippen LogP) is 3.72. The van der Waals surface area contributed by atoms with Crippen molar-refractivity contribution in [3.63, 3.8) is 0 Å². The summed E-state index contributed by atoms with van der Waals surface area (Å²) >= 11 is 5.95. The summed E-state index contributed by atoms with van der Waals surface area (Å²) in [6, 6.07) is 7.22. The van der Waals surface area contributed by atoms with Crippen LogP contribution in [-0.4, -0.2) is 13.1 Å². The second kappa shape index (κ2) is 7.17.